The molecule has 0 radical (unpaired) electrons. The molecule has 0 unspecified atom stereocenters. The van der Waals surface area contributed by atoms with Crippen LogP contribution in [0.5, 0.6) is 0 Å². The zero-order chi connectivity index (χ0) is 17.9. The van der Waals surface area contributed by atoms with Crippen LogP contribution in [-0.4, -0.2) is 11.2 Å². The maximum absolute atomic E-state index is 11.0. The van der Waals surface area contributed by atoms with Crippen LogP contribution < -0.4 is 0 Å². The molecular weight excluding hydrogens is 302 g/mol. The van der Waals surface area contributed by atoms with Gasteiger partial charge in [-0.15, -0.1) is 0 Å². The summed E-state index contributed by atoms with van der Waals surface area (Å²) in [5.41, 5.74) is 0.221. The maximum atomic E-state index is 11.0. The fourth-order valence-corrected chi connectivity index (χ4v) is 1.88. The fourth-order valence-electron chi connectivity index (χ4n) is 1.88. The van der Waals surface area contributed by atoms with Gasteiger partial charge in [-0.25, -0.2) is 0 Å². The van der Waals surface area contributed by atoms with Crippen molar-refractivity contribution in [2.45, 2.75) is 58.3 Å². The van der Waals surface area contributed by atoms with Crippen LogP contribution in [-0.2, 0) is 4.79 Å². The number of hydrogen-bond acceptors (Lipinski definition) is 3. The highest BCUT2D eigenvalue weighted by atomic mass is 16.6. The van der Waals surface area contributed by atoms with Gasteiger partial charge in [0.1, 0.15) is 6.29 Å². The molecule has 132 valence electrons. The lowest BCUT2D eigenvalue weighted by Crippen LogP contribution is -1.97. The Bertz CT molecular complexity index is 485. The van der Waals surface area contributed by atoms with Crippen molar-refractivity contribution < 1.29 is 9.72 Å². The Hall–Kier alpha value is -2.23. The number of nitrogens with zero attached hydrogens (tertiary/aromatic N) is 1. The molecule has 0 spiro atoms. The first kappa shape index (κ1) is 21.8. The second kappa shape index (κ2) is 17.1. The summed E-state index contributed by atoms with van der Waals surface area (Å²) in [7, 11) is 0. The van der Waals surface area contributed by atoms with Gasteiger partial charge in [-0.1, -0.05) is 55.5 Å². The van der Waals surface area contributed by atoms with Crippen LogP contribution in [0.3, 0.4) is 0 Å². The zero-order valence-electron chi connectivity index (χ0n) is 14.6. The van der Waals surface area contributed by atoms with Crippen LogP contribution in [0, 0.1) is 10.1 Å². The van der Waals surface area contributed by atoms with Crippen molar-refractivity contribution in [2.24, 2.45) is 0 Å². The number of carbonyl (C=O) groups excluding carboxylic acids is 1. The van der Waals surface area contributed by atoms with E-state index in [0.29, 0.717) is 19.3 Å². The molecule has 0 aromatic carbocycles. The van der Waals surface area contributed by atoms with E-state index in [-0.39, 0.29) is 10.6 Å². The predicted octanol–water partition coefficient (Wildman–Crippen LogP) is 5.71. The van der Waals surface area contributed by atoms with Gasteiger partial charge in [-0.3, -0.25) is 10.1 Å². The largest absolute Gasteiger partial charge is 0.303 e. The van der Waals surface area contributed by atoms with E-state index in [4.69, 9.17) is 0 Å². The maximum Gasteiger partial charge on any atom is 0.246 e. The minimum atomic E-state index is -0.323. The number of rotatable bonds is 14. The van der Waals surface area contributed by atoms with Crippen LogP contribution in [0.4, 0.5) is 0 Å². The van der Waals surface area contributed by atoms with Gasteiger partial charge in [0.2, 0.25) is 5.70 Å². The van der Waals surface area contributed by atoms with E-state index < -0.39 is 0 Å². The summed E-state index contributed by atoms with van der Waals surface area (Å²) in [6.07, 6.45) is 24.5. The first-order valence-corrected chi connectivity index (χ1v) is 8.59. The Morgan fingerprint density at radius 2 is 1.50 bits per heavy atom. The molecule has 0 N–H and O–H groups in total. The first-order chi connectivity index (χ1) is 11.7. The van der Waals surface area contributed by atoms with Crippen molar-refractivity contribution in [1.29, 1.82) is 0 Å². The molecule has 0 atom stereocenters. The van der Waals surface area contributed by atoms with Crippen molar-refractivity contribution in [2.75, 3.05) is 0 Å². The highest BCUT2D eigenvalue weighted by Crippen LogP contribution is 2.07. The van der Waals surface area contributed by atoms with Gasteiger partial charge < -0.3 is 4.79 Å². The van der Waals surface area contributed by atoms with Crippen LogP contribution in [0.15, 0.2) is 60.4 Å². The Labute approximate surface area is 145 Å². The molecule has 4 heteroatoms. The predicted molar refractivity (Wildman–Crippen MR) is 100 cm³/mol. The normalized spacial score (nSPS) is 13.0. The van der Waals surface area contributed by atoms with Crippen LogP contribution in [0.25, 0.3) is 0 Å². The standard InChI is InChI=1S/C20H29NO3/c1-2-3-4-5-6-7-8-11-14-17-20(21(23)24)18-15-12-9-10-13-16-19-22/h3-4,6-7,9,11-12,14,18-19H,2,5,8,10,13,15-17H2,1H3/b4-3+,7-6+,12-9+,14-11+,20-18-. The quantitative estimate of drug-likeness (QED) is 0.135. The van der Waals surface area contributed by atoms with Crippen molar-refractivity contribution in [3.63, 3.8) is 0 Å². The van der Waals surface area contributed by atoms with E-state index in [0.717, 1.165) is 38.4 Å². The van der Waals surface area contributed by atoms with Crippen molar-refractivity contribution in [1.82, 2.24) is 0 Å². The third kappa shape index (κ3) is 14.7. The van der Waals surface area contributed by atoms with Crippen LogP contribution in [0.2, 0.25) is 0 Å². The lowest BCUT2D eigenvalue weighted by molar-refractivity contribution is -0.427. The Morgan fingerprint density at radius 3 is 2.12 bits per heavy atom. The van der Waals surface area contributed by atoms with Crippen LogP contribution >= 0.6 is 0 Å². The van der Waals surface area contributed by atoms with E-state index in [2.05, 4.69) is 31.2 Å². The molecule has 0 aromatic heterocycles. The van der Waals surface area contributed by atoms with E-state index in [1.807, 2.05) is 24.3 Å². The number of nitro groups is 1. The van der Waals surface area contributed by atoms with E-state index in [1.165, 1.54) is 0 Å². The van der Waals surface area contributed by atoms with Gasteiger partial charge in [-0.2, -0.15) is 0 Å². The van der Waals surface area contributed by atoms with Crippen molar-refractivity contribution in [3.05, 3.63) is 70.5 Å². The number of carbonyl (C=O) groups is 1. The molecule has 0 amide bonds. The molecule has 0 fully saturated rings. The summed E-state index contributed by atoms with van der Waals surface area (Å²) >= 11 is 0. The summed E-state index contributed by atoms with van der Waals surface area (Å²) in [6, 6.07) is 0. The highest BCUT2D eigenvalue weighted by Gasteiger charge is 2.06. The molecule has 0 aliphatic heterocycles. The molecule has 0 aromatic rings. The van der Waals surface area contributed by atoms with Crippen molar-refractivity contribution in [3.8, 4) is 0 Å². The van der Waals surface area contributed by atoms with Gasteiger partial charge in [0, 0.05) is 6.42 Å². The molecule has 0 saturated heterocycles. The topological polar surface area (TPSA) is 60.2 Å². The van der Waals surface area contributed by atoms with Gasteiger partial charge in [0.25, 0.3) is 0 Å². The summed E-state index contributed by atoms with van der Waals surface area (Å²) < 4.78 is 0. The smallest absolute Gasteiger partial charge is 0.246 e. The Kier molecular flexibility index (Phi) is 15.5. The van der Waals surface area contributed by atoms with E-state index in [1.54, 1.807) is 6.08 Å². The summed E-state index contributed by atoms with van der Waals surface area (Å²) in [4.78, 5) is 20.8. The Morgan fingerprint density at radius 1 is 0.875 bits per heavy atom. The monoisotopic (exact) mass is 331 g/mol. The molecule has 0 bridgehead atoms. The van der Waals surface area contributed by atoms with E-state index in [9.17, 15) is 14.9 Å². The number of hydrogen-bond donors (Lipinski definition) is 0. The minimum Gasteiger partial charge on any atom is -0.303 e. The van der Waals surface area contributed by atoms with Gasteiger partial charge in [0.15, 0.2) is 0 Å². The minimum absolute atomic E-state index is 0.221. The first-order valence-electron chi connectivity index (χ1n) is 8.59. The second-order valence-corrected chi connectivity index (χ2v) is 5.26. The van der Waals surface area contributed by atoms with Gasteiger partial charge >= 0.3 is 0 Å². The summed E-state index contributed by atoms with van der Waals surface area (Å²) in [5.74, 6) is 0. The average molecular weight is 331 g/mol. The SMILES string of the molecule is CC/C=C/C/C=C/C/C=C/C/C(=C/C/C=C/CCCC=O)[N+](=O)[O-]. The average Bonchev–Trinajstić information content (AvgIpc) is 2.57. The number of allylic oxidation sites excluding steroid dienone is 9. The molecule has 4 nitrogen and oxygen atoms in total. The molecule has 0 rings (SSSR count). The number of unbranched alkanes of at least 4 members (excludes halogenated alkanes) is 2. The van der Waals surface area contributed by atoms with Crippen LogP contribution in [0.1, 0.15) is 58.3 Å². The second-order valence-electron chi connectivity index (χ2n) is 5.26. The highest BCUT2D eigenvalue weighted by molar-refractivity contribution is 5.49. The zero-order valence-corrected chi connectivity index (χ0v) is 14.6. The summed E-state index contributed by atoms with van der Waals surface area (Å²) in [5, 5.41) is 11.0. The molecule has 0 saturated carbocycles. The molecule has 0 aliphatic carbocycles. The van der Waals surface area contributed by atoms with Gasteiger partial charge in [-0.05, 0) is 44.6 Å². The molecule has 0 heterocycles. The van der Waals surface area contributed by atoms with Crippen molar-refractivity contribution >= 4 is 6.29 Å². The third-order valence-corrected chi connectivity index (χ3v) is 3.19. The van der Waals surface area contributed by atoms with Gasteiger partial charge in [0.05, 0.1) is 11.3 Å². The fraction of sp³-hybridized carbons (Fsp3) is 0.450. The molecule has 24 heavy (non-hydrogen) atoms. The summed E-state index contributed by atoms with van der Waals surface area (Å²) in [6.45, 7) is 2.10. The molecule has 0 aliphatic rings. The lowest BCUT2D eigenvalue weighted by atomic mass is 10.2. The number of aldehydes is 1. The third-order valence-electron chi connectivity index (χ3n) is 3.19. The Balaban J connectivity index is 4.08. The van der Waals surface area contributed by atoms with E-state index >= 15 is 0 Å². The lowest BCUT2D eigenvalue weighted by Gasteiger charge is -1.93. The molecular formula is C20H29NO3.